The quantitative estimate of drug-likeness (QED) is 0.0325. The van der Waals surface area contributed by atoms with Crippen molar-refractivity contribution < 1.29 is 33.4 Å². The van der Waals surface area contributed by atoms with Crippen molar-refractivity contribution in [2.45, 2.75) is 187 Å². The van der Waals surface area contributed by atoms with E-state index in [4.69, 9.17) is 14.5 Å². The summed E-state index contributed by atoms with van der Waals surface area (Å²) in [6, 6.07) is 19.7. The molecule has 4 saturated heterocycles. The molecule has 6 heterocycles. The number of pyridine rings is 1. The summed E-state index contributed by atoms with van der Waals surface area (Å²) in [5.74, 6) is 2.35. The van der Waals surface area contributed by atoms with Crippen molar-refractivity contribution in [3.63, 3.8) is 0 Å². The van der Waals surface area contributed by atoms with E-state index in [2.05, 4.69) is 45.5 Å². The van der Waals surface area contributed by atoms with Crippen molar-refractivity contribution in [1.82, 2.24) is 30.2 Å². The summed E-state index contributed by atoms with van der Waals surface area (Å²) in [7, 11) is 1.66. The van der Waals surface area contributed by atoms with Crippen LogP contribution in [0.1, 0.15) is 195 Å². The van der Waals surface area contributed by atoms with Crippen LogP contribution in [0.4, 0.5) is 11.5 Å². The first-order valence-corrected chi connectivity index (χ1v) is 32.2. The highest BCUT2D eigenvalue weighted by atomic mass is 16.5. The molecule has 2 N–H and O–H groups in total. The van der Waals surface area contributed by atoms with Crippen LogP contribution in [0, 0.1) is 24.2 Å². The second kappa shape index (κ2) is 31.9. The zero-order valence-corrected chi connectivity index (χ0v) is 50.8. The van der Waals surface area contributed by atoms with Gasteiger partial charge in [0.2, 0.25) is 5.91 Å². The van der Waals surface area contributed by atoms with Crippen LogP contribution in [0.2, 0.25) is 0 Å². The first-order valence-electron chi connectivity index (χ1n) is 32.2. The van der Waals surface area contributed by atoms with E-state index in [1.807, 2.05) is 77.2 Å². The van der Waals surface area contributed by atoms with E-state index < -0.39 is 5.97 Å². The fraction of sp³-hybridized carbons (Fsp3) is 0.672. The number of carboxylic acids is 1. The van der Waals surface area contributed by atoms with Gasteiger partial charge < -0.3 is 29.3 Å². The van der Waals surface area contributed by atoms with Crippen molar-refractivity contribution in [2.75, 3.05) is 95.5 Å². The summed E-state index contributed by atoms with van der Waals surface area (Å²) in [4.78, 5) is 50.7. The number of fused-ring (bicyclic) bond motifs is 3. The van der Waals surface area contributed by atoms with E-state index in [1.54, 1.807) is 7.11 Å². The summed E-state index contributed by atoms with van der Waals surface area (Å²) in [5, 5.41) is 21.8. The van der Waals surface area contributed by atoms with Crippen LogP contribution in [0.15, 0.2) is 66.9 Å². The minimum Gasteiger partial charge on any atom is -0.497 e. The van der Waals surface area contributed by atoms with Gasteiger partial charge in [0, 0.05) is 83.2 Å². The normalized spacial score (nSPS) is 18.6. The molecule has 15 heteroatoms. The number of aromatic nitrogens is 4. The van der Waals surface area contributed by atoms with Gasteiger partial charge in [0.05, 0.1) is 63.3 Å². The summed E-state index contributed by atoms with van der Waals surface area (Å²) in [6.07, 6.45) is 28.9. The molecule has 5 fully saturated rings. The molecule has 2 bridgehead atoms. The van der Waals surface area contributed by atoms with E-state index in [9.17, 15) is 14.7 Å². The molecule has 4 aliphatic heterocycles. The molecule has 2 aromatic carbocycles. The van der Waals surface area contributed by atoms with Gasteiger partial charge in [-0.05, 0) is 123 Å². The average molecular weight is 1130 g/mol. The highest BCUT2D eigenvalue weighted by molar-refractivity contribution is 6.09. The average Bonchev–Trinajstić information content (AvgIpc) is 4.36. The van der Waals surface area contributed by atoms with E-state index in [1.165, 1.54) is 134 Å². The Morgan fingerprint density at radius 3 is 2.09 bits per heavy atom. The van der Waals surface area contributed by atoms with Gasteiger partial charge in [-0.2, -0.15) is 0 Å². The molecule has 1 saturated carbocycles. The van der Waals surface area contributed by atoms with Crippen LogP contribution >= 0.6 is 0 Å². The van der Waals surface area contributed by atoms with Gasteiger partial charge >= 0.3 is 5.97 Å². The molecule has 450 valence electrons. The zero-order valence-electron chi connectivity index (χ0n) is 50.8. The lowest BCUT2D eigenvalue weighted by atomic mass is 9.88. The van der Waals surface area contributed by atoms with Crippen LogP contribution in [0.3, 0.4) is 0 Å². The number of nitrogens with one attached hydrogen (secondary N) is 1. The van der Waals surface area contributed by atoms with Gasteiger partial charge in [0.15, 0.2) is 0 Å². The third kappa shape index (κ3) is 20.1. The number of anilines is 2. The highest BCUT2D eigenvalue weighted by Crippen LogP contribution is 2.45. The second-order valence-electron chi connectivity index (χ2n) is 25.7. The van der Waals surface area contributed by atoms with Crippen molar-refractivity contribution in [2.24, 2.45) is 17.3 Å². The Kier molecular flexibility index (Phi) is 24.3. The van der Waals surface area contributed by atoms with E-state index >= 15 is 4.79 Å². The minimum atomic E-state index is -0.755. The number of amides is 2. The Morgan fingerprint density at radius 2 is 1.44 bits per heavy atom. The molecule has 4 aromatic rings. The molecule has 5 aliphatic rings. The van der Waals surface area contributed by atoms with Gasteiger partial charge in [-0.1, -0.05) is 121 Å². The highest BCUT2D eigenvalue weighted by Gasteiger charge is 2.38. The summed E-state index contributed by atoms with van der Waals surface area (Å²) in [5.41, 5.74) is 4.16. The number of methoxy groups -OCH3 is 1. The molecule has 0 radical (unpaired) electrons. The smallest absolute Gasteiger partial charge is 0.303 e. The number of piperidine rings is 1. The Labute approximate surface area is 491 Å². The Bertz CT molecular complexity index is 2570. The molecule has 9 rings (SSSR count). The lowest BCUT2D eigenvalue weighted by molar-refractivity contribution is -0.941. The molecule has 0 unspecified atom stereocenters. The lowest BCUT2D eigenvalue weighted by Gasteiger charge is -2.50. The molecule has 2 amide bonds. The monoisotopic (exact) mass is 1130 g/mol. The summed E-state index contributed by atoms with van der Waals surface area (Å²) < 4.78 is 15.3. The Morgan fingerprint density at radius 1 is 0.780 bits per heavy atom. The topological polar surface area (TPSA) is 155 Å². The number of nitrogens with zero attached hydrogens (tertiary/aromatic N) is 8. The number of piperazine rings is 3. The number of benzene rings is 2. The number of unbranched alkanes of at least 4 members (excludes halogenated alkanes) is 14. The predicted molar refractivity (Wildman–Crippen MR) is 328 cm³/mol. The number of ether oxygens (including phenoxy) is 2. The lowest BCUT2D eigenvalue weighted by Crippen LogP contribution is -2.67. The van der Waals surface area contributed by atoms with Gasteiger partial charge in [-0.15, -0.1) is 5.10 Å². The van der Waals surface area contributed by atoms with Crippen LogP contribution in [-0.4, -0.2) is 138 Å². The van der Waals surface area contributed by atoms with E-state index in [0.29, 0.717) is 55.1 Å². The number of carbonyl (C=O) groups is 3. The third-order valence-corrected chi connectivity index (χ3v) is 18.5. The van der Waals surface area contributed by atoms with Crippen molar-refractivity contribution >= 4 is 29.3 Å². The Hall–Kier alpha value is -5.54. The van der Waals surface area contributed by atoms with Crippen LogP contribution < -0.4 is 24.6 Å². The molecule has 0 spiro atoms. The van der Waals surface area contributed by atoms with Crippen molar-refractivity contribution in [1.29, 1.82) is 0 Å². The number of quaternary nitrogens is 1. The Balaban J connectivity index is 0.688. The van der Waals surface area contributed by atoms with Crippen LogP contribution in [0.5, 0.6) is 11.5 Å². The molecule has 2 aromatic heterocycles. The molecule has 82 heavy (non-hydrogen) atoms. The fourth-order valence-corrected chi connectivity index (χ4v) is 13.0. The predicted octanol–water partition coefficient (Wildman–Crippen LogP) is 12.5. The van der Waals surface area contributed by atoms with Crippen molar-refractivity contribution in [3.05, 3.63) is 89.4 Å². The van der Waals surface area contributed by atoms with Gasteiger partial charge in [-0.25, -0.2) is 4.98 Å². The van der Waals surface area contributed by atoms with Crippen LogP contribution in [-0.2, 0) is 22.6 Å². The van der Waals surface area contributed by atoms with Crippen molar-refractivity contribution in [3.8, 4) is 11.5 Å². The molecular formula is C67H102N9O6+. The maximum Gasteiger partial charge on any atom is 0.303 e. The SMILES string of the molecule is COc1ccc(C(=O)N(CC(C)(C)CCn2cc(CCCCCCCCCCCCCCCCCC(=O)NCCC[N+]34CCN(CC3)CC4)nn2)c2cccc(C)n2)c(N2CCC(COc3cccc([C@@H](CC(=O)O)C4CC4)c3)CC2)c1. The third-order valence-electron chi connectivity index (χ3n) is 18.5. The second-order valence-corrected chi connectivity index (χ2v) is 25.7. The first-order chi connectivity index (χ1) is 39.8. The maximum atomic E-state index is 15.1. The summed E-state index contributed by atoms with van der Waals surface area (Å²) in [6.45, 7) is 19.5. The molecular weight excluding hydrogens is 1030 g/mol. The number of hydrogen-bond acceptors (Lipinski definition) is 10. The maximum absolute atomic E-state index is 15.1. The minimum absolute atomic E-state index is 0.0309. The van der Waals surface area contributed by atoms with Gasteiger partial charge in [0.1, 0.15) is 17.3 Å². The van der Waals surface area contributed by atoms with Crippen LogP contribution in [0.25, 0.3) is 0 Å². The van der Waals surface area contributed by atoms with E-state index in [-0.39, 0.29) is 29.6 Å². The largest absolute Gasteiger partial charge is 0.497 e. The zero-order chi connectivity index (χ0) is 57.6. The molecule has 1 aliphatic carbocycles. The number of carboxylic acid groups (broad SMARTS) is 1. The van der Waals surface area contributed by atoms with Gasteiger partial charge in [0.25, 0.3) is 5.91 Å². The number of rotatable bonds is 38. The number of aryl methyl sites for hydroxylation is 3. The summed E-state index contributed by atoms with van der Waals surface area (Å²) >= 11 is 0. The fourth-order valence-electron chi connectivity index (χ4n) is 13.0. The number of hydrogen-bond donors (Lipinski definition) is 2. The van der Waals surface area contributed by atoms with Gasteiger partial charge in [-0.3, -0.25) is 28.9 Å². The first kappa shape index (κ1) is 62.5. The number of aliphatic carboxylic acids is 1. The van der Waals surface area contributed by atoms with E-state index in [0.717, 1.165) is 106 Å². The molecule has 15 nitrogen and oxygen atoms in total. The number of carbonyl (C=O) groups excluding carboxylic acids is 2. The molecule has 1 atom stereocenters. The standard InChI is InChI=1S/C67H101N9O6/c1-53-23-20-27-63(69-53)75(66(80)60-32-31-58(81-4)48-62(60)73-37-33-54(34-38-73)51-82-59-26-21-24-56(47-59)61(49-65(78)79)55-29-30-55)52-67(2,3)35-39-74-50-57(70-71-74)25-18-16-14-12-10-8-6-5-7-9-11-13-15-17-19-28-64(77)68-36-22-43-76-44-40-72(41-45-76)42-46-76/h20-21,23-24,26-27,31-32,47-48,50,54-55,61H,5-19,22,25,28-30,33-46,49,51-52H2,1-4H3,(H-,68,77,78,79)/p+1/t61-/m0/s1.